The first-order chi connectivity index (χ1) is 11.7. The van der Waals surface area contributed by atoms with Crippen LogP contribution in [0.5, 0.6) is 0 Å². The van der Waals surface area contributed by atoms with Crippen molar-refractivity contribution in [2.24, 2.45) is 0 Å². The number of likely N-dealkylation sites (tertiary alicyclic amines) is 1. The maximum absolute atomic E-state index is 11.1. The van der Waals surface area contributed by atoms with Gasteiger partial charge in [0.2, 0.25) is 0 Å². The Morgan fingerprint density at radius 2 is 1.88 bits per heavy atom. The average Bonchev–Trinajstić information content (AvgIpc) is 3.29. The van der Waals surface area contributed by atoms with E-state index < -0.39 is 5.60 Å². The summed E-state index contributed by atoms with van der Waals surface area (Å²) in [5, 5.41) is 14.3. The summed E-state index contributed by atoms with van der Waals surface area (Å²) in [5.41, 5.74) is 0.191. The Labute approximate surface area is 148 Å². The van der Waals surface area contributed by atoms with Gasteiger partial charge in [-0.25, -0.2) is 4.98 Å². The van der Waals surface area contributed by atoms with Crippen molar-refractivity contribution in [3.8, 4) is 0 Å². The zero-order valence-electron chi connectivity index (χ0n) is 14.5. The van der Waals surface area contributed by atoms with Gasteiger partial charge < -0.3 is 14.7 Å². The topological polar surface area (TPSA) is 48.8 Å². The van der Waals surface area contributed by atoms with Crippen molar-refractivity contribution in [3.05, 3.63) is 16.1 Å². The largest absolute Gasteiger partial charge is 0.383 e. The number of aromatic nitrogens is 1. The lowest BCUT2D eigenvalue weighted by molar-refractivity contribution is -0.0379. The van der Waals surface area contributed by atoms with Crippen LogP contribution in [-0.2, 0) is 16.9 Å². The van der Waals surface area contributed by atoms with Crippen LogP contribution in [0.2, 0.25) is 0 Å². The smallest absolute Gasteiger partial charge is 0.110 e. The van der Waals surface area contributed by atoms with E-state index in [4.69, 9.17) is 9.72 Å². The summed E-state index contributed by atoms with van der Waals surface area (Å²) < 4.78 is 5.40. The van der Waals surface area contributed by atoms with E-state index in [-0.39, 0.29) is 0 Å². The molecule has 4 rings (SSSR count). The quantitative estimate of drug-likeness (QED) is 0.901. The second kappa shape index (κ2) is 7.38. The number of morpholine rings is 1. The van der Waals surface area contributed by atoms with Gasteiger partial charge in [-0.2, -0.15) is 0 Å². The third-order valence-electron chi connectivity index (χ3n) is 5.96. The molecule has 3 fully saturated rings. The van der Waals surface area contributed by atoms with Crippen molar-refractivity contribution >= 4 is 11.3 Å². The van der Waals surface area contributed by atoms with Crippen molar-refractivity contribution in [3.63, 3.8) is 0 Å². The lowest BCUT2D eigenvalue weighted by atomic mass is 9.88. The Morgan fingerprint density at radius 3 is 2.58 bits per heavy atom. The highest BCUT2D eigenvalue weighted by Gasteiger charge is 2.38. The van der Waals surface area contributed by atoms with E-state index in [1.807, 2.05) is 0 Å². The molecular weight excluding hydrogens is 322 g/mol. The first-order valence-corrected chi connectivity index (χ1v) is 10.3. The molecule has 2 aliphatic heterocycles. The molecule has 3 heterocycles. The lowest BCUT2D eigenvalue weighted by Crippen LogP contribution is -2.46. The van der Waals surface area contributed by atoms with Crippen LogP contribution in [0, 0.1) is 0 Å². The standard InChI is InChI=1S/C18H29N3O2S/c22-18(5-7-21(8-6-18)15-3-1-2-4-15)16-14-24-17(19-16)13-20-9-11-23-12-10-20/h14-15,22H,1-13H2. The number of nitrogens with zero attached hydrogens (tertiary/aromatic N) is 3. The van der Waals surface area contributed by atoms with Crippen LogP contribution in [0.1, 0.15) is 49.2 Å². The van der Waals surface area contributed by atoms with E-state index in [0.29, 0.717) is 0 Å². The van der Waals surface area contributed by atoms with E-state index >= 15 is 0 Å². The number of thiazole rings is 1. The summed E-state index contributed by atoms with van der Waals surface area (Å²) in [6.45, 7) is 6.51. The molecule has 1 saturated carbocycles. The normalized spacial score (nSPS) is 26.9. The second-order valence-electron chi connectivity index (χ2n) is 7.52. The van der Waals surface area contributed by atoms with Gasteiger partial charge in [0.15, 0.2) is 0 Å². The number of ether oxygens (including phenoxy) is 1. The molecule has 0 spiro atoms. The average molecular weight is 352 g/mol. The van der Waals surface area contributed by atoms with Gasteiger partial charge in [-0.3, -0.25) is 4.90 Å². The minimum Gasteiger partial charge on any atom is -0.383 e. The summed E-state index contributed by atoms with van der Waals surface area (Å²) in [7, 11) is 0. The fourth-order valence-corrected chi connectivity index (χ4v) is 5.26. The Kier molecular flexibility index (Phi) is 5.20. The van der Waals surface area contributed by atoms with E-state index in [0.717, 1.165) is 75.5 Å². The molecule has 2 saturated heterocycles. The minimum atomic E-state index is -0.713. The number of hydrogen-bond donors (Lipinski definition) is 1. The molecule has 1 aromatic rings. The van der Waals surface area contributed by atoms with E-state index in [1.54, 1.807) is 11.3 Å². The fourth-order valence-electron chi connectivity index (χ4n) is 4.33. The predicted molar refractivity (Wildman–Crippen MR) is 95.2 cm³/mol. The summed E-state index contributed by atoms with van der Waals surface area (Å²) in [6.07, 6.45) is 7.09. The van der Waals surface area contributed by atoms with Gasteiger partial charge in [0, 0.05) is 37.6 Å². The predicted octanol–water partition coefficient (Wildman–Crippen LogP) is 2.20. The van der Waals surface area contributed by atoms with Gasteiger partial charge in [0.25, 0.3) is 0 Å². The Hall–Kier alpha value is -0.530. The summed E-state index contributed by atoms with van der Waals surface area (Å²) in [5.74, 6) is 0. The second-order valence-corrected chi connectivity index (χ2v) is 8.46. The maximum Gasteiger partial charge on any atom is 0.110 e. The van der Waals surface area contributed by atoms with Gasteiger partial charge in [-0.05, 0) is 25.7 Å². The first-order valence-electron chi connectivity index (χ1n) is 9.44. The molecule has 5 nitrogen and oxygen atoms in total. The number of aliphatic hydroxyl groups is 1. The van der Waals surface area contributed by atoms with Gasteiger partial charge in [-0.15, -0.1) is 11.3 Å². The van der Waals surface area contributed by atoms with Crippen molar-refractivity contribution in [2.45, 2.75) is 56.7 Å². The molecular formula is C18H29N3O2S. The molecule has 6 heteroatoms. The van der Waals surface area contributed by atoms with Gasteiger partial charge in [0.05, 0.1) is 25.5 Å². The molecule has 0 atom stereocenters. The third kappa shape index (κ3) is 3.68. The van der Waals surface area contributed by atoms with Crippen molar-refractivity contribution in [2.75, 3.05) is 39.4 Å². The zero-order chi connectivity index (χ0) is 16.4. The highest BCUT2D eigenvalue weighted by Crippen LogP contribution is 2.36. The highest BCUT2D eigenvalue weighted by molar-refractivity contribution is 7.09. The Balaban J connectivity index is 1.35. The van der Waals surface area contributed by atoms with Gasteiger partial charge >= 0.3 is 0 Å². The van der Waals surface area contributed by atoms with Crippen LogP contribution >= 0.6 is 11.3 Å². The molecule has 134 valence electrons. The van der Waals surface area contributed by atoms with Crippen LogP contribution in [0.4, 0.5) is 0 Å². The van der Waals surface area contributed by atoms with Crippen LogP contribution in [0.15, 0.2) is 5.38 Å². The monoisotopic (exact) mass is 351 g/mol. The maximum atomic E-state index is 11.1. The third-order valence-corrected chi connectivity index (χ3v) is 6.79. The molecule has 0 unspecified atom stereocenters. The summed E-state index contributed by atoms with van der Waals surface area (Å²) >= 11 is 1.69. The molecule has 0 radical (unpaired) electrons. The first kappa shape index (κ1) is 16.9. The summed E-state index contributed by atoms with van der Waals surface area (Å²) in [4.78, 5) is 9.78. The minimum absolute atomic E-state index is 0.713. The lowest BCUT2D eigenvalue weighted by Gasteiger charge is -2.40. The Morgan fingerprint density at radius 1 is 1.17 bits per heavy atom. The number of piperidine rings is 1. The van der Waals surface area contributed by atoms with Gasteiger partial charge in [0.1, 0.15) is 10.6 Å². The molecule has 1 aliphatic carbocycles. The van der Waals surface area contributed by atoms with E-state index in [9.17, 15) is 5.11 Å². The van der Waals surface area contributed by atoms with Crippen LogP contribution in [0.3, 0.4) is 0 Å². The van der Waals surface area contributed by atoms with Gasteiger partial charge in [-0.1, -0.05) is 12.8 Å². The zero-order valence-corrected chi connectivity index (χ0v) is 15.3. The summed E-state index contributed by atoms with van der Waals surface area (Å²) in [6, 6.07) is 0.766. The van der Waals surface area contributed by atoms with Crippen molar-refractivity contribution in [1.29, 1.82) is 0 Å². The number of rotatable bonds is 4. The molecule has 1 aromatic heterocycles. The van der Waals surface area contributed by atoms with Crippen LogP contribution in [-0.4, -0.2) is 65.3 Å². The Bertz CT molecular complexity index is 530. The SMILES string of the molecule is OC1(c2csc(CN3CCOCC3)n2)CCN(C2CCCC2)CC1. The molecule has 0 aromatic carbocycles. The van der Waals surface area contributed by atoms with E-state index in [1.165, 1.54) is 25.7 Å². The number of hydrogen-bond acceptors (Lipinski definition) is 6. The van der Waals surface area contributed by atoms with E-state index in [2.05, 4.69) is 15.2 Å². The van der Waals surface area contributed by atoms with Crippen molar-refractivity contribution in [1.82, 2.24) is 14.8 Å². The van der Waals surface area contributed by atoms with Crippen molar-refractivity contribution < 1.29 is 9.84 Å². The fraction of sp³-hybridized carbons (Fsp3) is 0.833. The van der Waals surface area contributed by atoms with Crippen LogP contribution < -0.4 is 0 Å². The van der Waals surface area contributed by atoms with Crippen LogP contribution in [0.25, 0.3) is 0 Å². The molecule has 3 aliphatic rings. The molecule has 24 heavy (non-hydrogen) atoms. The molecule has 0 bridgehead atoms. The highest BCUT2D eigenvalue weighted by atomic mass is 32.1. The molecule has 1 N–H and O–H groups in total. The molecule has 0 amide bonds.